The Morgan fingerprint density at radius 3 is 2.43 bits per heavy atom. The van der Waals surface area contributed by atoms with Crippen molar-refractivity contribution in [1.29, 1.82) is 0 Å². The molecule has 14 heavy (non-hydrogen) atoms. The monoisotopic (exact) mass is 197 g/mol. The van der Waals surface area contributed by atoms with Crippen LogP contribution in [0, 0.1) is 0 Å². The lowest BCUT2D eigenvalue weighted by Crippen LogP contribution is -2.40. The van der Waals surface area contributed by atoms with Crippen LogP contribution in [0.2, 0.25) is 0 Å². The van der Waals surface area contributed by atoms with Crippen LogP contribution in [0.3, 0.4) is 0 Å². The number of nitrogens with one attached hydrogen (secondary N) is 1. The van der Waals surface area contributed by atoms with Crippen LogP contribution in [0.1, 0.15) is 19.3 Å². The molecule has 78 valence electrons. The summed E-state index contributed by atoms with van der Waals surface area (Å²) in [6, 6.07) is -0.871. The third kappa shape index (κ3) is 5.13. The highest BCUT2D eigenvalue weighted by Gasteiger charge is 2.17. The predicted octanol–water partition coefficient (Wildman–Crippen LogP) is 1.10. The quantitative estimate of drug-likeness (QED) is 0.600. The molecule has 0 aliphatic rings. The lowest BCUT2D eigenvalue weighted by Gasteiger charge is -2.11. The molecule has 2 N–H and O–H groups in total. The van der Waals surface area contributed by atoms with E-state index < -0.39 is 12.0 Å². The van der Waals surface area contributed by atoms with Gasteiger partial charge in [-0.2, -0.15) is 0 Å². The summed E-state index contributed by atoms with van der Waals surface area (Å²) >= 11 is 0. The van der Waals surface area contributed by atoms with Gasteiger partial charge in [-0.05, 0) is 12.8 Å². The van der Waals surface area contributed by atoms with E-state index in [4.69, 9.17) is 5.11 Å². The summed E-state index contributed by atoms with van der Waals surface area (Å²) in [7, 11) is 0. The largest absolute Gasteiger partial charge is 0.480 e. The molecule has 1 atom stereocenters. The molecule has 0 aromatic heterocycles. The number of hydrogen-bond acceptors (Lipinski definition) is 2. The molecule has 0 saturated heterocycles. The first kappa shape index (κ1) is 12.4. The summed E-state index contributed by atoms with van der Waals surface area (Å²) in [5.74, 6) is -1.32. The molecule has 0 aromatic carbocycles. The van der Waals surface area contributed by atoms with E-state index in [1.807, 2.05) is 0 Å². The molecule has 0 fully saturated rings. The molecule has 1 unspecified atom stereocenters. The van der Waals surface area contributed by atoms with Gasteiger partial charge < -0.3 is 10.4 Å². The van der Waals surface area contributed by atoms with E-state index in [-0.39, 0.29) is 18.7 Å². The Morgan fingerprint density at radius 1 is 1.36 bits per heavy atom. The summed E-state index contributed by atoms with van der Waals surface area (Å²) < 4.78 is 0. The zero-order valence-electron chi connectivity index (χ0n) is 8.03. The normalized spacial score (nSPS) is 11.4. The SMILES string of the molecule is C=CCCC(=O)NC(CC=C)C(=O)O. The summed E-state index contributed by atoms with van der Waals surface area (Å²) in [5.41, 5.74) is 0. The molecule has 4 heteroatoms. The minimum absolute atomic E-state index is 0.231. The zero-order chi connectivity index (χ0) is 11.0. The maximum atomic E-state index is 11.1. The maximum Gasteiger partial charge on any atom is 0.326 e. The third-order valence-electron chi connectivity index (χ3n) is 1.61. The van der Waals surface area contributed by atoms with Gasteiger partial charge >= 0.3 is 5.97 Å². The van der Waals surface area contributed by atoms with E-state index in [9.17, 15) is 9.59 Å². The lowest BCUT2D eigenvalue weighted by molar-refractivity contribution is -0.141. The van der Waals surface area contributed by atoms with Crippen molar-refractivity contribution >= 4 is 11.9 Å². The van der Waals surface area contributed by atoms with Crippen LogP contribution < -0.4 is 5.32 Å². The van der Waals surface area contributed by atoms with Crippen molar-refractivity contribution in [2.75, 3.05) is 0 Å². The number of rotatable bonds is 7. The van der Waals surface area contributed by atoms with Gasteiger partial charge in [0, 0.05) is 6.42 Å². The van der Waals surface area contributed by atoms with Gasteiger partial charge in [0.2, 0.25) is 5.91 Å². The van der Waals surface area contributed by atoms with Crippen LogP contribution in [-0.4, -0.2) is 23.0 Å². The van der Waals surface area contributed by atoms with Crippen molar-refractivity contribution in [2.45, 2.75) is 25.3 Å². The maximum absolute atomic E-state index is 11.1. The number of carbonyl (C=O) groups excluding carboxylic acids is 1. The van der Waals surface area contributed by atoms with E-state index in [1.54, 1.807) is 6.08 Å². The average molecular weight is 197 g/mol. The second-order valence-electron chi connectivity index (χ2n) is 2.81. The first-order valence-electron chi connectivity index (χ1n) is 4.35. The Hall–Kier alpha value is -1.58. The van der Waals surface area contributed by atoms with Crippen LogP contribution >= 0.6 is 0 Å². The minimum atomic E-state index is -1.04. The number of carboxylic acids is 1. The van der Waals surface area contributed by atoms with Crippen LogP contribution in [0.5, 0.6) is 0 Å². The Labute approximate surface area is 83.3 Å². The van der Waals surface area contributed by atoms with E-state index in [0.29, 0.717) is 6.42 Å². The molecule has 0 heterocycles. The van der Waals surface area contributed by atoms with Gasteiger partial charge in [0.1, 0.15) is 6.04 Å². The number of carboxylic acid groups (broad SMARTS) is 1. The Kier molecular flexibility index (Phi) is 6.11. The number of aliphatic carboxylic acids is 1. The fraction of sp³-hybridized carbons (Fsp3) is 0.400. The standard InChI is InChI=1S/C10H15NO3/c1-3-5-7-9(12)11-8(6-4-2)10(13)14/h3-4,8H,1-2,5-7H2,(H,11,12)(H,13,14). The van der Waals surface area contributed by atoms with E-state index in [1.165, 1.54) is 6.08 Å². The van der Waals surface area contributed by atoms with E-state index in [0.717, 1.165) is 0 Å². The number of amides is 1. The van der Waals surface area contributed by atoms with Crippen molar-refractivity contribution in [3.63, 3.8) is 0 Å². The molecular formula is C10H15NO3. The molecular weight excluding hydrogens is 182 g/mol. The van der Waals surface area contributed by atoms with Crippen molar-refractivity contribution in [3.8, 4) is 0 Å². The average Bonchev–Trinajstić information content (AvgIpc) is 2.14. The summed E-state index contributed by atoms with van der Waals surface area (Å²) in [6.07, 6.45) is 4.13. The molecule has 0 aliphatic carbocycles. The highest BCUT2D eigenvalue weighted by Crippen LogP contribution is 1.96. The minimum Gasteiger partial charge on any atom is -0.480 e. The topological polar surface area (TPSA) is 66.4 Å². The Bertz CT molecular complexity index is 236. The molecule has 0 aliphatic heterocycles. The van der Waals surface area contributed by atoms with Crippen molar-refractivity contribution < 1.29 is 14.7 Å². The number of hydrogen-bond donors (Lipinski definition) is 2. The molecule has 0 rings (SSSR count). The van der Waals surface area contributed by atoms with Crippen LogP contribution in [0.25, 0.3) is 0 Å². The fourth-order valence-electron chi connectivity index (χ4n) is 0.888. The first-order chi connectivity index (χ1) is 6.61. The number of carbonyl (C=O) groups is 2. The summed E-state index contributed by atoms with van der Waals surface area (Å²) in [5, 5.41) is 11.1. The Balaban J connectivity index is 4.01. The first-order valence-corrected chi connectivity index (χ1v) is 4.35. The van der Waals surface area contributed by atoms with Gasteiger partial charge in [-0.1, -0.05) is 12.2 Å². The smallest absolute Gasteiger partial charge is 0.326 e. The molecule has 0 spiro atoms. The van der Waals surface area contributed by atoms with E-state index in [2.05, 4.69) is 18.5 Å². The van der Waals surface area contributed by atoms with Crippen LogP contribution in [0.4, 0.5) is 0 Å². The second kappa shape index (κ2) is 6.88. The summed E-state index contributed by atoms with van der Waals surface area (Å²) in [6.45, 7) is 6.89. The van der Waals surface area contributed by atoms with Gasteiger partial charge in [-0.15, -0.1) is 13.2 Å². The van der Waals surface area contributed by atoms with Crippen LogP contribution in [-0.2, 0) is 9.59 Å². The van der Waals surface area contributed by atoms with Crippen molar-refractivity contribution in [3.05, 3.63) is 25.3 Å². The highest BCUT2D eigenvalue weighted by atomic mass is 16.4. The molecule has 0 saturated carbocycles. The zero-order valence-corrected chi connectivity index (χ0v) is 8.03. The number of allylic oxidation sites excluding steroid dienone is 1. The van der Waals surface area contributed by atoms with Crippen molar-refractivity contribution in [2.24, 2.45) is 0 Å². The van der Waals surface area contributed by atoms with Crippen molar-refractivity contribution in [1.82, 2.24) is 5.32 Å². The van der Waals surface area contributed by atoms with Gasteiger partial charge in [0.25, 0.3) is 0 Å². The molecule has 0 aromatic rings. The predicted molar refractivity (Wildman–Crippen MR) is 53.8 cm³/mol. The van der Waals surface area contributed by atoms with Gasteiger partial charge in [0.15, 0.2) is 0 Å². The third-order valence-corrected chi connectivity index (χ3v) is 1.61. The molecule has 4 nitrogen and oxygen atoms in total. The highest BCUT2D eigenvalue weighted by molar-refractivity contribution is 5.83. The van der Waals surface area contributed by atoms with E-state index >= 15 is 0 Å². The van der Waals surface area contributed by atoms with Gasteiger partial charge in [-0.25, -0.2) is 4.79 Å². The van der Waals surface area contributed by atoms with Crippen LogP contribution in [0.15, 0.2) is 25.3 Å². The second-order valence-corrected chi connectivity index (χ2v) is 2.81. The lowest BCUT2D eigenvalue weighted by atomic mass is 10.2. The fourth-order valence-corrected chi connectivity index (χ4v) is 0.888. The molecule has 0 radical (unpaired) electrons. The summed E-state index contributed by atoms with van der Waals surface area (Å²) in [4.78, 5) is 21.8. The molecule has 0 bridgehead atoms. The Morgan fingerprint density at radius 2 is 2.00 bits per heavy atom. The van der Waals surface area contributed by atoms with Gasteiger partial charge in [0.05, 0.1) is 0 Å². The van der Waals surface area contributed by atoms with Gasteiger partial charge in [-0.3, -0.25) is 4.79 Å². The molecule has 1 amide bonds.